The Morgan fingerprint density at radius 3 is 1.80 bits per heavy atom. The van der Waals surface area contributed by atoms with Gasteiger partial charge in [-0.25, -0.2) is 4.79 Å². The van der Waals surface area contributed by atoms with Gasteiger partial charge in [0.05, 0.1) is 5.56 Å². The fourth-order valence-electron chi connectivity index (χ4n) is 3.56. The summed E-state index contributed by atoms with van der Waals surface area (Å²) in [6.07, 6.45) is -1.34. The van der Waals surface area contributed by atoms with Gasteiger partial charge in [-0.05, 0) is 37.6 Å². The molecule has 1 unspecified atom stereocenters. The van der Waals surface area contributed by atoms with Crippen LogP contribution in [-0.2, 0) is 24.0 Å². The predicted molar refractivity (Wildman–Crippen MR) is 139 cm³/mol. The van der Waals surface area contributed by atoms with Crippen molar-refractivity contribution in [1.29, 1.82) is 0 Å². The Balaban J connectivity index is 2.10. The highest BCUT2D eigenvalue weighted by Gasteiger charge is 2.26. The molecule has 0 saturated heterocycles. The average Bonchev–Trinajstić information content (AvgIpc) is 2.86. The molecule has 2 aromatic rings. The van der Waals surface area contributed by atoms with Crippen molar-refractivity contribution in [3.8, 4) is 23.0 Å². The molecule has 14 nitrogen and oxygen atoms in total. The normalized spacial score (nSPS) is 11.9. The second-order valence-electron chi connectivity index (χ2n) is 8.55. The van der Waals surface area contributed by atoms with E-state index in [0.29, 0.717) is 0 Å². The van der Waals surface area contributed by atoms with E-state index in [1.54, 1.807) is 0 Å². The number of hydrogen-bond donors (Lipinski definition) is 4. The minimum Gasteiger partial charge on any atom is -0.480 e. The number of ether oxygens (including phenoxy) is 4. The van der Waals surface area contributed by atoms with Crippen LogP contribution in [0.1, 0.15) is 62.7 Å². The largest absolute Gasteiger partial charge is 0.480 e. The van der Waals surface area contributed by atoms with Crippen molar-refractivity contribution < 1.29 is 57.9 Å². The molecule has 0 aliphatic carbocycles. The number of rotatable bonds is 13. The summed E-state index contributed by atoms with van der Waals surface area (Å²) in [6.45, 7) is 4.54. The third kappa shape index (κ3) is 10.0. The van der Waals surface area contributed by atoms with Crippen LogP contribution in [0.15, 0.2) is 36.4 Å². The van der Waals surface area contributed by atoms with Gasteiger partial charge in [-0.2, -0.15) is 0 Å². The molecule has 2 atom stereocenters. The summed E-state index contributed by atoms with van der Waals surface area (Å²) in [6, 6.07) is 6.84. The Morgan fingerprint density at radius 2 is 1.27 bits per heavy atom. The SMILES string of the molecule is CC(=O)Oc1cccc(C(=O)N[C@@H](CCCNC(O)c2cccc(OC(C)=O)c2OC(C)=O)C(=O)O)c1OC(C)=O. The van der Waals surface area contributed by atoms with E-state index in [1.165, 1.54) is 36.4 Å². The first-order valence-electron chi connectivity index (χ1n) is 12.2. The molecule has 4 N–H and O–H groups in total. The van der Waals surface area contributed by atoms with E-state index in [9.17, 15) is 39.0 Å². The fourth-order valence-corrected chi connectivity index (χ4v) is 3.56. The number of carbonyl (C=O) groups excluding carboxylic acids is 5. The fraction of sp³-hybridized carbons (Fsp3) is 0.333. The lowest BCUT2D eigenvalue weighted by Gasteiger charge is -2.19. The Bertz CT molecular complexity index is 1320. The minimum absolute atomic E-state index is 0.0543. The van der Waals surface area contributed by atoms with Crippen molar-refractivity contribution in [2.75, 3.05) is 6.54 Å². The van der Waals surface area contributed by atoms with Gasteiger partial charge in [-0.3, -0.25) is 29.3 Å². The standard InChI is InChI=1S/C27H30N2O12/c1-14(30)38-21-11-5-8-18(23(21)40-16(3)32)25(34)28-13-7-10-20(27(36)37)29-26(35)19-9-6-12-22(39-15(2)31)24(19)41-17(4)33/h5-6,8-9,11-12,20,25,28,34H,7,10,13H2,1-4H3,(H,29,35)(H,36,37)/t20-,25?/m0/s1. The van der Waals surface area contributed by atoms with Gasteiger partial charge in [-0.1, -0.05) is 18.2 Å². The van der Waals surface area contributed by atoms with Crippen LogP contribution >= 0.6 is 0 Å². The van der Waals surface area contributed by atoms with Crippen molar-refractivity contribution >= 4 is 35.8 Å². The number of esters is 4. The van der Waals surface area contributed by atoms with Crippen molar-refractivity contribution in [2.24, 2.45) is 0 Å². The van der Waals surface area contributed by atoms with Crippen LogP contribution in [0.3, 0.4) is 0 Å². The van der Waals surface area contributed by atoms with Gasteiger partial charge in [0.25, 0.3) is 5.91 Å². The van der Waals surface area contributed by atoms with Gasteiger partial charge in [0.15, 0.2) is 23.0 Å². The highest BCUT2D eigenvalue weighted by Crippen LogP contribution is 2.35. The summed E-state index contributed by atoms with van der Waals surface area (Å²) in [5.41, 5.74) is -0.142. The molecule has 220 valence electrons. The van der Waals surface area contributed by atoms with Crippen LogP contribution in [0.5, 0.6) is 23.0 Å². The number of carboxylic acids is 1. The van der Waals surface area contributed by atoms with Crippen LogP contribution in [0.25, 0.3) is 0 Å². The molecule has 0 aromatic heterocycles. The van der Waals surface area contributed by atoms with Gasteiger partial charge in [0, 0.05) is 33.3 Å². The maximum atomic E-state index is 12.9. The van der Waals surface area contributed by atoms with E-state index in [4.69, 9.17) is 18.9 Å². The predicted octanol–water partition coefficient (Wildman–Crippen LogP) is 1.63. The number of hydrogen-bond acceptors (Lipinski definition) is 12. The first-order chi connectivity index (χ1) is 19.3. The van der Waals surface area contributed by atoms with Gasteiger partial charge in [-0.15, -0.1) is 0 Å². The summed E-state index contributed by atoms with van der Waals surface area (Å²) in [7, 11) is 0. The number of nitrogens with one attached hydrogen (secondary N) is 2. The number of aliphatic carboxylic acids is 1. The smallest absolute Gasteiger partial charge is 0.326 e. The monoisotopic (exact) mass is 574 g/mol. The molecule has 14 heteroatoms. The maximum absolute atomic E-state index is 12.9. The molecule has 2 aromatic carbocycles. The Kier molecular flexibility index (Phi) is 11.9. The Morgan fingerprint density at radius 1 is 0.756 bits per heavy atom. The molecule has 41 heavy (non-hydrogen) atoms. The van der Waals surface area contributed by atoms with Gasteiger partial charge >= 0.3 is 29.8 Å². The van der Waals surface area contributed by atoms with Crippen molar-refractivity contribution in [3.05, 3.63) is 47.5 Å². The number of carboxylic acid groups (broad SMARTS) is 1. The molecule has 0 heterocycles. The quantitative estimate of drug-likeness (QED) is 0.116. The minimum atomic E-state index is -1.40. The zero-order valence-electron chi connectivity index (χ0n) is 22.7. The number of aliphatic hydroxyl groups excluding tert-OH is 1. The zero-order chi connectivity index (χ0) is 30.7. The van der Waals surface area contributed by atoms with Crippen LogP contribution in [0.2, 0.25) is 0 Å². The topological polar surface area (TPSA) is 204 Å². The average molecular weight is 575 g/mol. The second-order valence-corrected chi connectivity index (χ2v) is 8.55. The first-order valence-corrected chi connectivity index (χ1v) is 12.2. The summed E-state index contributed by atoms with van der Waals surface area (Å²) in [5, 5.41) is 25.3. The lowest BCUT2D eigenvalue weighted by Crippen LogP contribution is -2.41. The zero-order valence-corrected chi connectivity index (χ0v) is 22.7. The highest BCUT2D eigenvalue weighted by molar-refractivity contribution is 6.00. The van der Waals surface area contributed by atoms with E-state index in [1.807, 2.05) is 0 Å². The number of para-hydroxylation sites is 2. The molecular weight excluding hydrogens is 544 g/mol. The number of carbonyl (C=O) groups is 6. The molecule has 0 saturated carbocycles. The first kappa shape index (κ1) is 32.4. The van der Waals surface area contributed by atoms with Gasteiger partial charge in [0.2, 0.25) is 0 Å². The number of aliphatic hydroxyl groups is 1. The van der Waals surface area contributed by atoms with E-state index in [0.717, 1.165) is 27.7 Å². The van der Waals surface area contributed by atoms with Crippen LogP contribution in [0, 0.1) is 0 Å². The third-order valence-electron chi connectivity index (χ3n) is 5.14. The van der Waals surface area contributed by atoms with Crippen molar-refractivity contribution in [3.63, 3.8) is 0 Å². The van der Waals surface area contributed by atoms with Crippen molar-refractivity contribution in [2.45, 2.75) is 52.8 Å². The highest BCUT2D eigenvalue weighted by atomic mass is 16.6. The van der Waals surface area contributed by atoms with Crippen LogP contribution in [0.4, 0.5) is 0 Å². The van der Waals surface area contributed by atoms with Gasteiger partial charge in [0.1, 0.15) is 12.3 Å². The molecule has 2 rings (SSSR count). The molecular formula is C27H30N2O12. The van der Waals surface area contributed by atoms with Gasteiger partial charge < -0.3 is 34.5 Å². The molecule has 0 radical (unpaired) electrons. The van der Waals surface area contributed by atoms with E-state index >= 15 is 0 Å². The summed E-state index contributed by atoms with van der Waals surface area (Å²) < 4.78 is 20.2. The third-order valence-corrected chi connectivity index (χ3v) is 5.14. The van der Waals surface area contributed by atoms with Crippen LogP contribution < -0.4 is 29.6 Å². The summed E-state index contributed by atoms with van der Waals surface area (Å²) in [5.74, 6) is -5.94. The second kappa shape index (κ2) is 15.1. The maximum Gasteiger partial charge on any atom is 0.326 e. The molecule has 0 aliphatic rings. The molecule has 0 bridgehead atoms. The van der Waals surface area contributed by atoms with E-state index < -0.39 is 48.0 Å². The lowest BCUT2D eigenvalue weighted by atomic mass is 10.1. The lowest BCUT2D eigenvalue weighted by molar-refractivity contribution is -0.139. The molecule has 0 aliphatic heterocycles. The van der Waals surface area contributed by atoms with E-state index in [2.05, 4.69) is 10.6 Å². The number of benzene rings is 2. The van der Waals surface area contributed by atoms with Crippen LogP contribution in [-0.4, -0.2) is 58.6 Å². The Hall–Kier alpha value is -4.82. The Labute approximate surface area is 234 Å². The van der Waals surface area contributed by atoms with E-state index in [-0.39, 0.29) is 53.5 Å². The molecule has 0 fully saturated rings. The van der Waals surface area contributed by atoms with Crippen molar-refractivity contribution in [1.82, 2.24) is 10.6 Å². The molecule has 1 amide bonds. The number of amides is 1. The molecule has 0 spiro atoms. The summed E-state index contributed by atoms with van der Waals surface area (Å²) >= 11 is 0. The summed E-state index contributed by atoms with van der Waals surface area (Å²) in [4.78, 5) is 70.7.